The second kappa shape index (κ2) is 6.74. The van der Waals surface area contributed by atoms with Gasteiger partial charge in [0.25, 0.3) is 0 Å². The molecule has 0 bridgehead atoms. The molecule has 2 rings (SSSR count). The van der Waals surface area contributed by atoms with Crippen molar-refractivity contribution in [1.82, 2.24) is 9.62 Å². The van der Waals surface area contributed by atoms with Gasteiger partial charge in [-0.15, -0.1) is 0 Å². The van der Waals surface area contributed by atoms with Crippen molar-refractivity contribution < 1.29 is 12.8 Å². The summed E-state index contributed by atoms with van der Waals surface area (Å²) in [5.74, 6) is 0.993. The third-order valence-electron chi connectivity index (χ3n) is 3.67. The number of nitrogens with one attached hydrogen (secondary N) is 1. The first-order chi connectivity index (χ1) is 9.49. The van der Waals surface area contributed by atoms with E-state index in [4.69, 9.17) is 4.42 Å². The van der Waals surface area contributed by atoms with E-state index in [1.807, 2.05) is 13.0 Å². The molecular formula is C14H24N2O3S. The zero-order valence-electron chi connectivity index (χ0n) is 12.3. The Morgan fingerprint density at radius 3 is 2.75 bits per heavy atom. The van der Waals surface area contributed by atoms with E-state index < -0.39 is 10.0 Å². The van der Waals surface area contributed by atoms with Crippen LogP contribution in [0.25, 0.3) is 0 Å². The van der Waals surface area contributed by atoms with E-state index in [0.29, 0.717) is 19.0 Å². The normalized spacial score (nSPS) is 15.9. The summed E-state index contributed by atoms with van der Waals surface area (Å²) in [7, 11) is -1.55. The molecule has 0 saturated heterocycles. The smallest absolute Gasteiger partial charge is 0.214 e. The molecular weight excluding hydrogens is 276 g/mol. The summed E-state index contributed by atoms with van der Waals surface area (Å²) in [6.07, 6.45) is 5.75. The molecule has 1 fully saturated rings. The van der Waals surface area contributed by atoms with Gasteiger partial charge in [0.1, 0.15) is 5.76 Å². The predicted octanol–water partition coefficient (Wildman–Crippen LogP) is 1.88. The van der Waals surface area contributed by atoms with Gasteiger partial charge in [-0.3, -0.25) is 0 Å². The Morgan fingerprint density at radius 1 is 1.40 bits per heavy atom. The zero-order chi connectivity index (χ0) is 14.6. The highest BCUT2D eigenvalue weighted by atomic mass is 32.2. The quantitative estimate of drug-likeness (QED) is 0.707. The lowest BCUT2D eigenvalue weighted by molar-refractivity contribution is 0.456. The van der Waals surface area contributed by atoms with Crippen LogP contribution < -0.4 is 5.32 Å². The van der Waals surface area contributed by atoms with Crippen molar-refractivity contribution in [2.75, 3.05) is 19.3 Å². The fourth-order valence-corrected chi connectivity index (χ4v) is 3.29. The van der Waals surface area contributed by atoms with Gasteiger partial charge in [-0.2, -0.15) is 0 Å². The molecule has 0 spiro atoms. The number of nitrogens with zero attached hydrogens (tertiary/aromatic N) is 1. The van der Waals surface area contributed by atoms with Crippen molar-refractivity contribution in [3.63, 3.8) is 0 Å². The molecule has 1 aromatic heterocycles. The molecule has 5 nitrogen and oxygen atoms in total. The van der Waals surface area contributed by atoms with E-state index in [1.54, 1.807) is 13.3 Å². The maximum atomic E-state index is 12.2. The van der Waals surface area contributed by atoms with Gasteiger partial charge in [0.15, 0.2) is 0 Å². The number of unbranched alkanes of at least 4 members (excludes halogenated alkanes) is 1. The van der Waals surface area contributed by atoms with Crippen LogP contribution >= 0.6 is 0 Å². The largest absolute Gasteiger partial charge is 0.469 e. The standard InChI is InChI=1S/C14H24N2O3S/c1-12-13(7-9-19-12)11-16(2)20(17,18)10-4-3-8-15-14-5-6-14/h7,9,14-15H,3-6,8,10-11H2,1-2H3. The number of sulfonamides is 1. The molecule has 0 radical (unpaired) electrons. The maximum absolute atomic E-state index is 12.2. The molecule has 1 saturated carbocycles. The third kappa shape index (κ3) is 4.61. The fourth-order valence-electron chi connectivity index (χ4n) is 2.07. The zero-order valence-corrected chi connectivity index (χ0v) is 13.1. The molecule has 1 N–H and O–H groups in total. The molecule has 1 aliphatic rings. The van der Waals surface area contributed by atoms with Gasteiger partial charge in [-0.1, -0.05) is 0 Å². The Kier molecular flexibility index (Phi) is 5.23. The lowest BCUT2D eigenvalue weighted by Crippen LogP contribution is -2.29. The molecule has 1 heterocycles. The van der Waals surface area contributed by atoms with Crippen LogP contribution in [0.1, 0.15) is 37.0 Å². The van der Waals surface area contributed by atoms with Crippen LogP contribution in [0.15, 0.2) is 16.7 Å². The molecule has 0 unspecified atom stereocenters. The van der Waals surface area contributed by atoms with Gasteiger partial charge in [0.2, 0.25) is 10.0 Å². The molecule has 1 aliphatic carbocycles. The van der Waals surface area contributed by atoms with Crippen molar-refractivity contribution in [2.45, 2.75) is 45.2 Å². The Bertz CT molecular complexity index is 520. The van der Waals surface area contributed by atoms with E-state index in [0.717, 1.165) is 24.3 Å². The maximum Gasteiger partial charge on any atom is 0.214 e. The van der Waals surface area contributed by atoms with Crippen LogP contribution in [0.5, 0.6) is 0 Å². The van der Waals surface area contributed by atoms with Crippen LogP contribution in [0.3, 0.4) is 0 Å². The van der Waals surface area contributed by atoms with Gasteiger partial charge in [0, 0.05) is 25.2 Å². The van der Waals surface area contributed by atoms with Gasteiger partial charge in [-0.05, 0) is 45.2 Å². The van der Waals surface area contributed by atoms with Gasteiger partial charge in [-0.25, -0.2) is 12.7 Å². The average Bonchev–Trinajstić information content (AvgIpc) is 3.13. The SMILES string of the molecule is Cc1occc1CN(C)S(=O)(=O)CCCCNC1CC1. The molecule has 0 aromatic carbocycles. The third-order valence-corrected chi connectivity index (χ3v) is 5.56. The van der Waals surface area contributed by atoms with Crippen molar-refractivity contribution >= 4 is 10.0 Å². The number of furan rings is 1. The van der Waals surface area contributed by atoms with Crippen LogP contribution in [0.4, 0.5) is 0 Å². The first-order valence-electron chi connectivity index (χ1n) is 7.19. The Balaban J connectivity index is 1.72. The summed E-state index contributed by atoms with van der Waals surface area (Å²) >= 11 is 0. The predicted molar refractivity (Wildman–Crippen MR) is 79.0 cm³/mol. The highest BCUT2D eigenvalue weighted by molar-refractivity contribution is 7.89. The number of hydrogen-bond donors (Lipinski definition) is 1. The van der Waals surface area contributed by atoms with E-state index in [2.05, 4.69) is 5.32 Å². The summed E-state index contributed by atoms with van der Waals surface area (Å²) < 4.78 is 30.9. The van der Waals surface area contributed by atoms with E-state index in [1.165, 1.54) is 17.1 Å². The van der Waals surface area contributed by atoms with Crippen LogP contribution in [-0.4, -0.2) is 38.1 Å². The van der Waals surface area contributed by atoms with Gasteiger partial charge >= 0.3 is 0 Å². The van der Waals surface area contributed by atoms with Crippen LogP contribution in [0, 0.1) is 6.92 Å². The Labute approximate surface area is 121 Å². The lowest BCUT2D eigenvalue weighted by Gasteiger charge is -2.16. The van der Waals surface area contributed by atoms with Crippen LogP contribution in [0.2, 0.25) is 0 Å². The van der Waals surface area contributed by atoms with E-state index in [-0.39, 0.29) is 5.75 Å². The highest BCUT2D eigenvalue weighted by Crippen LogP contribution is 2.18. The molecule has 114 valence electrons. The second-order valence-electron chi connectivity index (χ2n) is 5.51. The topological polar surface area (TPSA) is 62.6 Å². The van der Waals surface area contributed by atoms with E-state index in [9.17, 15) is 8.42 Å². The highest BCUT2D eigenvalue weighted by Gasteiger charge is 2.21. The van der Waals surface area contributed by atoms with Crippen molar-refractivity contribution in [3.8, 4) is 0 Å². The Morgan fingerprint density at radius 2 is 2.15 bits per heavy atom. The fraction of sp³-hybridized carbons (Fsp3) is 0.714. The minimum absolute atomic E-state index is 0.215. The molecule has 1 aromatic rings. The van der Waals surface area contributed by atoms with Crippen molar-refractivity contribution in [2.24, 2.45) is 0 Å². The average molecular weight is 300 g/mol. The molecule has 0 amide bonds. The Hall–Kier alpha value is -0.850. The minimum atomic E-state index is -3.17. The molecule has 0 atom stereocenters. The summed E-state index contributed by atoms with van der Waals surface area (Å²) in [5.41, 5.74) is 0.923. The summed E-state index contributed by atoms with van der Waals surface area (Å²) in [6, 6.07) is 2.51. The van der Waals surface area contributed by atoms with Gasteiger partial charge < -0.3 is 9.73 Å². The summed E-state index contributed by atoms with van der Waals surface area (Å²) in [4.78, 5) is 0. The number of aryl methyl sites for hydroxylation is 1. The first kappa shape index (κ1) is 15.5. The van der Waals surface area contributed by atoms with Crippen LogP contribution in [-0.2, 0) is 16.6 Å². The first-order valence-corrected chi connectivity index (χ1v) is 8.80. The van der Waals surface area contributed by atoms with Crippen molar-refractivity contribution in [3.05, 3.63) is 23.7 Å². The molecule has 0 aliphatic heterocycles. The monoisotopic (exact) mass is 300 g/mol. The van der Waals surface area contributed by atoms with Crippen molar-refractivity contribution in [1.29, 1.82) is 0 Å². The molecule has 6 heteroatoms. The lowest BCUT2D eigenvalue weighted by atomic mass is 10.3. The number of hydrogen-bond acceptors (Lipinski definition) is 4. The summed E-state index contributed by atoms with van der Waals surface area (Å²) in [6.45, 7) is 3.15. The molecule has 20 heavy (non-hydrogen) atoms. The second-order valence-corrected chi connectivity index (χ2v) is 7.71. The van der Waals surface area contributed by atoms with E-state index >= 15 is 0 Å². The van der Waals surface area contributed by atoms with Gasteiger partial charge in [0.05, 0.1) is 12.0 Å². The summed E-state index contributed by atoms with van der Waals surface area (Å²) in [5, 5.41) is 3.40. The number of rotatable bonds is 9. The minimum Gasteiger partial charge on any atom is -0.469 e.